The van der Waals surface area contributed by atoms with E-state index in [9.17, 15) is 52.2 Å². The minimum Gasteiger partial charge on any atom is -0.351 e. The minimum absolute atomic E-state index is 0.0121. The number of halogens is 8. The van der Waals surface area contributed by atoms with Crippen LogP contribution >= 0.6 is 10.2 Å². The lowest BCUT2D eigenvalue weighted by atomic mass is 9.89. The van der Waals surface area contributed by atoms with Gasteiger partial charge in [0.15, 0.2) is 5.78 Å². The smallest absolute Gasteiger partial charge is 0.310 e. The van der Waals surface area contributed by atoms with Crippen molar-refractivity contribution in [1.82, 2.24) is 15.6 Å². The minimum atomic E-state index is -10.2. The molecule has 3 atom stereocenters. The van der Waals surface area contributed by atoms with E-state index in [2.05, 4.69) is 15.6 Å². The Morgan fingerprint density at radius 3 is 2.27 bits per heavy atom. The van der Waals surface area contributed by atoms with Gasteiger partial charge in [0.25, 0.3) is 0 Å². The number of nitrogens with zero attached hydrogens (tertiary/aromatic N) is 3. The number of rotatable bonds is 9. The second-order valence-electron chi connectivity index (χ2n) is 11.3. The first kappa shape index (κ1) is 34.1. The topological polar surface area (TPSA) is 115 Å². The highest BCUT2D eigenvalue weighted by Crippen LogP contribution is 3.02. The Morgan fingerprint density at radius 1 is 1.13 bits per heavy atom. The van der Waals surface area contributed by atoms with E-state index < -0.39 is 99.5 Å². The second kappa shape index (κ2) is 11.2. The molecule has 1 aliphatic carbocycles. The zero-order valence-electron chi connectivity index (χ0n) is 23.7. The molecule has 2 aromatic rings. The predicted molar refractivity (Wildman–Crippen MR) is 147 cm³/mol. The number of nitriles is 1. The van der Waals surface area contributed by atoms with Crippen molar-refractivity contribution in [1.29, 1.82) is 5.26 Å². The summed E-state index contributed by atoms with van der Waals surface area (Å²) in [7, 11) is -10.2. The molecule has 246 valence electrons. The van der Waals surface area contributed by atoms with Gasteiger partial charge >= 0.3 is 10.2 Å². The summed E-state index contributed by atoms with van der Waals surface area (Å²) in [6.45, 7) is 1.61. The summed E-state index contributed by atoms with van der Waals surface area (Å²) in [5.74, 6) is -6.69. The third-order valence-electron chi connectivity index (χ3n) is 7.90. The van der Waals surface area contributed by atoms with Crippen molar-refractivity contribution in [2.75, 3.05) is 4.90 Å². The summed E-state index contributed by atoms with van der Waals surface area (Å²) in [5, 5.41) is 14.9. The SMILES string of the molecule is CCC1NC(CC#N)(C(=O)N(c2ccc(S(F)(F)(F)(F)F)cc2)C(C(=O)NC2CCC(F)(F)CC2)c2cncc(F)c2)CC1=O. The molecule has 8 nitrogen and oxygen atoms in total. The van der Waals surface area contributed by atoms with Gasteiger partial charge in [-0.1, -0.05) is 26.4 Å². The summed E-state index contributed by atoms with van der Waals surface area (Å²) in [6.07, 6.45) is -0.786. The van der Waals surface area contributed by atoms with E-state index in [-0.39, 0.29) is 37.0 Å². The summed E-state index contributed by atoms with van der Waals surface area (Å²) in [5.41, 5.74) is -2.88. The highest BCUT2D eigenvalue weighted by Gasteiger charge is 2.65. The van der Waals surface area contributed by atoms with E-state index in [1.54, 1.807) is 13.0 Å². The summed E-state index contributed by atoms with van der Waals surface area (Å²) >= 11 is 0. The van der Waals surface area contributed by atoms with Gasteiger partial charge in [-0.3, -0.25) is 29.6 Å². The number of aromatic nitrogens is 1. The number of benzene rings is 1. The Kier molecular flexibility index (Phi) is 8.51. The third-order valence-corrected chi connectivity index (χ3v) is 9.07. The first-order valence-corrected chi connectivity index (χ1v) is 15.8. The van der Waals surface area contributed by atoms with Gasteiger partial charge < -0.3 is 5.32 Å². The predicted octanol–water partition coefficient (Wildman–Crippen LogP) is 6.64. The zero-order valence-corrected chi connectivity index (χ0v) is 24.5. The second-order valence-corrected chi connectivity index (χ2v) is 13.7. The number of hydrogen-bond acceptors (Lipinski definition) is 6. The number of ketones is 1. The largest absolute Gasteiger partial charge is 0.351 e. The van der Waals surface area contributed by atoms with Crippen molar-refractivity contribution in [3.63, 3.8) is 0 Å². The van der Waals surface area contributed by atoms with E-state index in [1.807, 2.05) is 0 Å². The summed E-state index contributed by atoms with van der Waals surface area (Å²) < 4.78 is 110. The molecule has 0 radical (unpaired) electrons. The fourth-order valence-electron chi connectivity index (χ4n) is 5.62. The van der Waals surface area contributed by atoms with Crippen LogP contribution in [0.15, 0.2) is 47.6 Å². The van der Waals surface area contributed by atoms with Crippen molar-refractivity contribution in [2.45, 2.75) is 86.4 Å². The van der Waals surface area contributed by atoms with Crippen molar-refractivity contribution in [3.8, 4) is 6.07 Å². The van der Waals surface area contributed by atoms with Crippen LogP contribution in [0, 0.1) is 17.1 Å². The number of amides is 2. The van der Waals surface area contributed by atoms with Gasteiger partial charge in [0.1, 0.15) is 22.3 Å². The van der Waals surface area contributed by atoms with Crippen LogP contribution in [0.1, 0.15) is 63.5 Å². The van der Waals surface area contributed by atoms with Crippen LogP contribution in [0.3, 0.4) is 0 Å². The molecule has 2 fully saturated rings. The van der Waals surface area contributed by atoms with Crippen LogP contribution in [-0.4, -0.2) is 46.1 Å². The van der Waals surface area contributed by atoms with E-state index in [0.717, 1.165) is 18.5 Å². The molecule has 1 aliphatic heterocycles. The average Bonchev–Trinajstić information content (AvgIpc) is 3.27. The maximum absolute atomic E-state index is 14.5. The monoisotopic (exact) mass is 667 g/mol. The van der Waals surface area contributed by atoms with E-state index >= 15 is 0 Å². The standard InChI is InChI=1S/C28H29F8N5O3S/c1-2-22-23(42)14-27(40-22,11-12-37)26(44)41(20-3-5-21(6-4-20)45(32,33,34,35)36)24(17-13-18(29)16-38-15-17)25(43)39-19-7-9-28(30,31)10-8-19/h3-6,13,15-16,19,22,24,40H,2,7-11,14H2,1H3,(H,39,43). The Labute approximate surface area is 252 Å². The number of hydrogen-bond donors (Lipinski definition) is 2. The van der Waals surface area contributed by atoms with Gasteiger partial charge in [0.2, 0.25) is 17.7 Å². The van der Waals surface area contributed by atoms with Gasteiger partial charge in [-0.25, -0.2) is 13.2 Å². The molecule has 2 amide bonds. The number of nitrogens with one attached hydrogen (secondary N) is 2. The molecule has 17 heteroatoms. The Morgan fingerprint density at radius 2 is 1.76 bits per heavy atom. The lowest BCUT2D eigenvalue weighted by molar-refractivity contribution is -0.130. The van der Waals surface area contributed by atoms with Crippen LogP contribution in [0.5, 0.6) is 0 Å². The van der Waals surface area contributed by atoms with Crippen LogP contribution in [0.2, 0.25) is 0 Å². The van der Waals surface area contributed by atoms with Crippen LogP contribution < -0.4 is 15.5 Å². The maximum Gasteiger partial charge on any atom is 0.310 e. The maximum atomic E-state index is 14.5. The fourth-order valence-corrected chi connectivity index (χ4v) is 6.27. The highest BCUT2D eigenvalue weighted by atomic mass is 32.5. The Bertz CT molecular complexity index is 1530. The van der Waals surface area contributed by atoms with E-state index in [1.165, 1.54) is 0 Å². The Hall–Kier alpha value is -3.78. The average molecular weight is 668 g/mol. The van der Waals surface area contributed by atoms with Crippen LogP contribution in [-0.2, 0) is 14.4 Å². The lowest BCUT2D eigenvalue weighted by Crippen LogP contribution is -2.59. The summed E-state index contributed by atoms with van der Waals surface area (Å²) in [4.78, 5) is 43.1. The molecular formula is C28H29F8N5O3S. The molecule has 45 heavy (non-hydrogen) atoms. The number of anilines is 1. The molecule has 4 rings (SSSR count). The normalized spacial score (nSPS) is 24.2. The van der Waals surface area contributed by atoms with Crippen LogP contribution in [0.4, 0.5) is 38.3 Å². The fraction of sp³-hybridized carbons (Fsp3) is 0.464. The van der Waals surface area contributed by atoms with Gasteiger partial charge in [-0.15, -0.1) is 0 Å². The van der Waals surface area contributed by atoms with Gasteiger partial charge in [0.05, 0.1) is 24.7 Å². The Balaban J connectivity index is 1.89. The lowest BCUT2D eigenvalue weighted by Gasteiger charge is -2.41. The van der Waals surface area contributed by atoms with Gasteiger partial charge in [-0.05, 0) is 49.6 Å². The van der Waals surface area contributed by atoms with Crippen molar-refractivity contribution >= 4 is 33.5 Å². The molecule has 3 unspecified atom stereocenters. The van der Waals surface area contributed by atoms with Gasteiger partial charge in [0, 0.05) is 42.8 Å². The number of Topliss-reactive ketones (excluding diaryl/α,β-unsaturated/α-hetero) is 1. The number of carbonyl (C=O) groups is 3. The number of alkyl halides is 2. The van der Waals surface area contributed by atoms with E-state index in [4.69, 9.17) is 0 Å². The highest BCUT2D eigenvalue weighted by molar-refractivity contribution is 8.45. The molecule has 0 spiro atoms. The third kappa shape index (κ3) is 7.55. The first-order chi connectivity index (χ1) is 20.7. The molecule has 1 aromatic heterocycles. The number of carbonyl (C=O) groups excluding carboxylic acids is 3. The van der Waals surface area contributed by atoms with Crippen molar-refractivity contribution in [2.24, 2.45) is 0 Å². The van der Waals surface area contributed by atoms with Gasteiger partial charge in [-0.2, -0.15) is 5.26 Å². The molecular weight excluding hydrogens is 638 g/mol. The van der Waals surface area contributed by atoms with Crippen LogP contribution in [0.25, 0.3) is 0 Å². The quantitative estimate of drug-likeness (QED) is 0.290. The van der Waals surface area contributed by atoms with Crippen molar-refractivity contribution < 1.29 is 47.0 Å². The summed E-state index contributed by atoms with van der Waals surface area (Å²) in [6, 6.07) is -0.0805. The van der Waals surface area contributed by atoms with E-state index in [0.29, 0.717) is 17.0 Å². The molecule has 0 bridgehead atoms. The molecule has 2 aliphatic rings. The zero-order chi connectivity index (χ0) is 33.5. The molecule has 2 N–H and O–H groups in total. The molecule has 2 heterocycles. The molecule has 1 saturated heterocycles. The first-order valence-electron chi connectivity index (χ1n) is 13.8. The van der Waals surface area contributed by atoms with Crippen molar-refractivity contribution in [3.05, 3.63) is 54.1 Å². The number of pyridine rings is 1. The molecule has 1 aromatic carbocycles. The molecule has 1 saturated carbocycles.